The number of aromatic amines is 1. The van der Waals surface area contributed by atoms with Gasteiger partial charge in [0, 0.05) is 28.0 Å². The lowest BCUT2D eigenvalue weighted by Crippen LogP contribution is -2.10. The molecule has 0 saturated heterocycles. The Labute approximate surface area is 167 Å². The Bertz CT molecular complexity index is 1110. The molecule has 0 atom stereocenters. The van der Waals surface area contributed by atoms with Crippen molar-refractivity contribution in [3.8, 4) is 11.3 Å². The maximum atomic E-state index is 5.77. The summed E-state index contributed by atoms with van der Waals surface area (Å²) in [6.45, 7) is 7.54. The molecule has 0 bridgehead atoms. The van der Waals surface area contributed by atoms with Crippen molar-refractivity contribution in [3.63, 3.8) is 0 Å². The molecule has 0 saturated carbocycles. The molecule has 3 N–H and O–H groups in total. The number of hydrogen-bond acceptors (Lipinski definition) is 2. The van der Waals surface area contributed by atoms with Crippen LogP contribution in [0.25, 0.3) is 33.1 Å². The van der Waals surface area contributed by atoms with Gasteiger partial charge in [-0.1, -0.05) is 51.1 Å². The summed E-state index contributed by atoms with van der Waals surface area (Å²) in [4.78, 5) is 8.39. The lowest BCUT2D eigenvalue weighted by molar-refractivity contribution is 0.591. The van der Waals surface area contributed by atoms with Crippen molar-refractivity contribution in [3.05, 3.63) is 65.9 Å². The van der Waals surface area contributed by atoms with Crippen molar-refractivity contribution in [1.82, 2.24) is 9.97 Å². The zero-order valence-electron chi connectivity index (χ0n) is 17.0. The second-order valence-electron chi connectivity index (χ2n) is 8.62. The quantitative estimate of drug-likeness (QED) is 0.425. The predicted octanol–water partition coefficient (Wildman–Crippen LogP) is 5.96. The minimum Gasteiger partial charge on any atom is -0.354 e. The number of benzene rings is 2. The number of rotatable bonds is 5. The van der Waals surface area contributed by atoms with Gasteiger partial charge in [-0.25, -0.2) is 0 Å². The largest absolute Gasteiger partial charge is 0.354 e. The fourth-order valence-corrected chi connectivity index (χ4v) is 3.96. The van der Waals surface area contributed by atoms with Crippen molar-refractivity contribution in [2.45, 2.75) is 45.4 Å². The molecule has 4 rings (SSSR count). The number of para-hydroxylation sites is 1. The van der Waals surface area contributed by atoms with Gasteiger partial charge in [0.1, 0.15) is 0 Å². The fourth-order valence-electron chi connectivity index (χ4n) is 3.96. The van der Waals surface area contributed by atoms with Crippen LogP contribution >= 0.6 is 0 Å². The molecule has 0 spiro atoms. The van der Waals surface area contributed by atoms with Crippen molar-refractivity contribution in [2.75, 3.05) is 6.54 Å². The Morgan fingerprint density at radius 2 is 1.82 bits per heavy atom. The van der Waals surface area contributed by atoms with Gasteiger partial charge in [-0.3, -0.25) is 4.98 Å². The summed E-state index contributed by atoms with van der Waals surface area (Å²) in [7, 11) is 0. The summed E-state index contributed by atoms with van der Waals surface area (Å²) >= 11 is 0. The SMILES string of the molecule is CC(C)(C)c1ccc2[nH]c(-c3cccc4cccnc34)c(CCCCN)c2c1. The first-order valence-electron chi connectivity index (χ1n) is 10.2. The summed E-state index contributed by atoms with van der Waals surface area (Å²) < 4.78 is 0. The van der Waals surface area contributed by atoms with Gasteiger partial charge in [-0.2, -0.15) is 0 Å². The number of aromatic nitrogens is 2. The third kappa shape index (κ3) is 3.43. The van der Waals surface area contributed by atoms with E-state index in [2.05, 4.69) is 73.2 Å². The number of aryl methyl sites for hydroxylation is 1. The molecule has 0 unspecified atom stereocenters. The van der Waals surface area contributed by atoms with Crippen LogP contribution in [0.2, 0.25) is 0 Å². The molecular formula is C25H29N3. The highest BCUT2D eigenvalue weighted by atomic mass is 14.7. The molecule has 3 nitrogen and oxygen atoms in total. The fraction of sp³-hybridized carbons (Fsp3) is 0.320. The van der Waals surface area contributed by atoms with Crippen LogP contribution in [0.1, 0.15) is 44.7 Å². The van der Waals surface area contributed by atoms with Crippen LogP contribution in [0.5, 0.6) is 0 Å². The minimum absolute atomic E-state index is 0.126. The van der Waals surface area contributed by atoms with Crippen LogP contribution in [0.4, 0.5) is 0 Å². The van der Waals surface area contributed by atoms with E-state index >= 15 is 0 Å². The molecule has 0 aliphatic rings. The van der Waals surface area contributed by atoms with Crippen LogP contribution in [0, 0.1) is 0 Å². The van der Waals surface area contributed by atoms with Gasteiger partial charge < -0.3 is 10.7 Å². The van der Waals surface area contributed by atoms with Gasteiger partial charge in [0.25, 0.3) is 0 Å². The van der Waals surface area contributed by atoms with Crippen LogP contribution < -0.4 is 5.73 Å². The molecule has 2 aromatic heterocycles. The molecule has 28 heavy (non-hydrogen) atoms. The zero-order chi connectivity index (χ0) is 19.7. The molecule has 0 fully saturated rings. The summed E-state index contributed by atoms with van der Waals surface area (Å²) in [6.07, 6.45) is 5.02. The lowest BCUT2D eigenvalue weighted by atomic mass is 9.86. The van der Waals surface area contributed by atoms with Crippen molar-refractivity contribution >= 4 is 21.8 Å². The number of nitrogens with two attached hydrogens (primary N) is 1. The van der Waals surface area contributed by atoms with E-state index in [1.807, 2.05) is 12.3 Å². The van der Waals surface area contributed by atoms with E-state index in [1.165, 1.54) is 38.7 Å². The van der Waals surface area contributed by atoms with Crippen molar-refractivity contribution in [2.24, 2.45) is 5.73 Å². The molecule has 2 heterocycles. The Kier molecular flexibility index (Phi) is 4.94. The van der Waals surface area contributed by atoms with Gasteiger partial charge in [0.05, 0.1) is 11.2 Å². The molecule has 0 aliphatic heterocycles. The molecule has 0 amide bonds. The molecule has 144 valence electrons. The highest BCUT2D eigenvalue weighted by Gasteiger charge is 2.19. The number of unbranched alkanes of at least 4 members (excludes halogenated alkanes) is 1. The molecule has 0 radical (unpaired) electrons. The van der Waals surface area contributed by atoms with Crippen LogP contribution in [-0.2, 0) is 11.8 Å². The van der Waals surface area contributed by atoms with E-state index in [0.717, 1.165) is 31.3 Å². The summed E-state index contributed by atoms with van der Waals surface area (Å²) in [5.74, 6) is 0. The minimum atomic E-state index is 0.126. The number of H-pyrrole nitrogens is 1. The average molecular weight is 372 g/mol. The number of pyridine rings is 1. The second kappa shape index (κ2) is 7.40. The maximum Gasteiger partial charge on any atom is 0.0795 e. The molecular weight excluding hydrogens is 342 g/mol. The zero-order valence-corrected chi connectivity index (χ0v) is 17.0. The average Bonchev–Trinajstić information content (AvgIpc) is 3.05. The van der Waals surface area contributed by atoms with E-state index < -0.39 is 0 Å². The van der Waals surface area contributed by atoms with Crippen LogP contribution in [0.3, 0.4) is 0 Å². The topological polar surface area (TPSA) is 54.7 Å². The van der Waals surface area contributed by atoms with Gasteiger partial charge in [0.2, 0.25) is 0 Å². The van der Waals surface area contributed by atoms with Crippen LogP contribution in [-0.4, -0.2) is 16.5 Å². The number of nitrogens with one attached hydrogen (secondary N) is 1. The summed E-state index contributed by atoms with van der Waals surface area (Å²) in [5, 5.41) is 2.49. The first kappa shape index (κ1) is 18.7. The van der Waals surface area contributed by atoms with Gasteiger partial charge in [-0.05, 0) is 60.5 Å². The standard InChI is InChI=1S/C25H29N3/c1-25(2,3)18-12-13-22-21(16-18)19(10-4-5-14-26)24(28-22)20-11-6-8-17-9-7-15-27-23(17)20/h6-9,11-13,15-16,28H,4-5,10,14,26H2,1-3H3. The van der Waals surface area contributed by atoms with E-state index in [1.54, 1.807) is 0 Å². The first-order valence-corrected chi connectivity index (χ1v) is 10.2. The van der Waals surface area contributed by atoms with Crippen molar-refractivity contribution in [1.29, 1.82) is 0 Å². The summed E-state index contributed by atoms with van der Waals surface area (Å²) in [6, 6.07) is 17.4. The number of hydrogen-bond donors (Lipinski definition) is 2. The highest BCUT2D eigenvalue weighted by molar-refractivity contribution is 5.99. The van der Waals surface area contributed by atoms with Gasteiger partial charge in [-0.15, -0.1) is 0 Å². The van der Waals surface area contributed by atoms with E-state index in [-0.39, 0.29) is 5.41 Å². The molecule has 0 aliphatic carbocycles. The molecule has 2 aromatic carbocycles. The molecule has 3 heteroatoms. The third-order valence-electron chi connectivity index (χ3n) is 5.56. The Morgan fingerprint density at radius 3 is 2.61 bits per heavy atom. The highest BCUT2D eigenvalue weighted by Crippen LogP contribution is 2.36. The van der Waals surface area contributed by atoms with E-state index in [4.69, 9.17) is 5.73 Å². The monoisotopic (exact) mass is 371 g/mol. The second-order valence-corrected chi connectivity index (χ2v) is 8.62. The lowest BCUT2D eigenvalue weighted by Gasteiger charge is -2.19. The smallest absolute Gasteiger partial charge is 0.0795 e. The Hall–Kier alpha value is -2.65. The van der Waals surface area contributed by atoms with Crippen molar-refractivity contribution < 1.29 is 0 Å². The Morgan fingerprint density at radius 1 is 1.00 bits per heavy atom. The van der Waals surface area contributed by atoms with Gasteiger partial charge >= 0.3 is 0 Å². The van der Waals surface area contributed by atoms with E-state index in [9.17, 15) is 0 Å². The first-order chi connectivity index (χ1) is 13.5. The number of fused-ring (bicyclic) bond motifs is 2. The van der Waals surface area contributed by atoms with E-state index in [0.29, 0.717) is 0 Å². The summed E-state index contributed by atoms with van der Waals surface area (Å²) in [5.41, 5.74) is 13.3. The third-order valence-corrected chi connectivity index (χ3v) is 5.56. The molecule has 4 aromatic rings. The maximum absolute atomic E-state index is 5.77. The van der Waals surface area contributed by atoms with Gasteiger partial charge in [0.15, 0.2) is 0 Å². The predicted molar refractivity (Wildman–Crippen MR) is 120 cm³/mol. The normalized spacial score (nSPS) is 12.1. The number of nitrogens with zero attached hydrogens (tertiary/aromatic N) is 1. The Balaban J connectivity index is 1.95. The van der Waals surface area contributed by atoms with Crippen LogP contribution in [0.15, 0.2) is 54.7 Å².